The number of aliphatic carboxylic acids is 1. The number of phenols is 1. The highest BCUT2D eigenvalue weighted by molar-refractivity contribution is 7.99. The molecule has 0 aliphatic carbocycles. The van der Waals surface area contributed by atoms with Crippen LogP contribution in [-0.4, -0.2) is 27.1 Å². The molecule has 0 spiro atoms. The second-order valence-corrected chi connectivity index (χ2v) is 14.4. The zero-order valence-corrected chi connectivity index (χ0v) is 27.8. The zero-order chi connectivity index (χ0) is 32.2. The number of benzene rings is 2. The number of hydrogen-bond donors (Lipinski definition) is 3. The Morgan fingerprint density at radius 2 is 1.51 bits per heavy atom. The van der Waals surface area contributed by atoms with E-state index < -0.39 is 11.4 Å². The summed E-state index contributed by atoms with van der Waals surface area (Å²) in [7, 11) is 0. The van der Waals surface area contributed by atoms with Gasteiger partial charge in [0.05, 0.1) is 11.1 Å². The van der Waals surface area contributed by atoms with Crippen molar-refractivity contribution in [2.75, 3.05) is 5.32 Å². The molecule has 0 fully saturated rings. The van der Waals surface area contributed by atoms with Gasteiger partial charge in [0.1, 0.15) is 10.8 Å². The van der Waals surface area contributed by atoms with Crippen LogP contribution in [0.4, 0.5) is 5.69 Å². The summed E-state index contributed by atoms with van der Waals surface area (Å²) in [4.78, 5) is 30.5. The van der Waals surface area contributed by atoms with Gasteiger partial charge in [0.25, 0.3) is 0 Å². The third-order valence-electron chi connectivity index (χ3n) is 7.94. The Labute approximate surface area is 261 Å². The molecule has 1 heterocycles. The van der Waals surface area contributed by atoms with Crippen LogP contribution in [0.5, 0.6) is 5.75 Å². The lowest BCUT2D eigenvalue weighted by Gasteiger charge is -2.28. The molecular weight excluding hydrogens is 556 g/mol. The van der Waals surface area contributed by atoms with Gasteiger partial charge in [-0.3, -0.25) is 9.59 Å². The smallest absolute Gasteiger partial charge is 0.310 e. The molecular formula is C36H46N2O4S. The highest BCUT2D eigenvalue weighted by Crippen LogP contribution is 2.43. The van der Waals surface area contributed by atoms with E-state index in [4.69, 9.17) is 4.98 Å². The van der Waals surface area contributed by atoms with Crippen LogP contribution in [0.3, 0.4) is 0 Å². The van der Waals surface area contributed by atoms with Crippen LogP contribution in [0.1, 0.15) is 103 Å². The fraction of sp³-hybridized carbons (Fsp3) is 0.417. The molecule has 230 valence electrons. The van der Waals surface area contributed by atoms with Crippen molar-refractivity contribution < 1.29 is 19.8 Å². The van der Waals surface area contributed by atoms with E-state index in [1.807, 2.05) is 43.3 Å². The van der Waals surface area contributed by atoms with Crippen LogP contribution in [0.2, 0.25) is 0 Å². The number of phenolic OH excluding ortho intramolecular Hbond substituents is 1. The molecule has 0 bridgehead atoms. The van der Waals surface area contributed by atoms with E-state index in [9.17, 15) is 19.8 Å². The summed E-state index contributed by atoms with van der Waals surface area (Å²) in [6, 6.07) is 15.7. The Morgan fingerprint density at radius 3 is 2.05 bits per heavy atom. The van der Waals surface area contributed by atoms with Crippen LogP contribution < -0.4 is 5.32 Å². The highest BCUT2D eigenvalue weighted by atomic mass is 32.2. The number of pyridine rings is 1. The number of aromatic nitrogens is 1. The van der Waals surface area contributed by atoms with Crippen LogP contribution in [0, 0.1) is 12.3 Å². The third kappa shape index (κ3) is 8.50. The van der Waals surface area contributed by atoms with Gasteiger partial charge in [0.15, 0.2) is 0 Å². The SMILES string of the molecule is CCC(CC)(CC(=O)Nc1cccc(C=Cc2nc(Sc3cc(C(C)(C)C)c(O)c(C(C)(C)C)c3)ccc2C)c1)C(=O)O. The third-order valence-corrected chi connectivity index (χ3v) is 8.85. The molecule has 0 saturated carbocycles. The second-order valence-electron chi connectivity index (χ2n) is 13.3. The molecule has 0 aliphatic rings. The molecule has 3 rings (SSSR count). The van der Waals surface area contributed by atoms with Crippen molar-refractivity contribution in [3.63, 3.8) is 0 Å². The molecule has 0 aliphatic heterocycles. The Bertz CT molecular complexity index is 1470. The number of carboxylic acids is 1. The molecule has 0 unspecified atom stereocenters. The van der Waals surface area contributed by atoms with E-state index in [0.29, 0.717) is 24.3 Å². The fourth-order valence-electron chi connectivity index (χ4n) is 4.97. The van der Waals surface area contributed by atoms with Crippen LogP contribution in [0.25, 0.3) is 12.2 Å². The van der Waals surface area contributed by atoms with Gasteiger partial charge in [-0.05, 0) is 78.1 Å². The first kappa shape index (κ1) is 33.9. The molecule has 0 atom stereocenters. The van der Waals surface area contributed by atoms with Crippen molar-refractivity contribution in [1.29, 1.82) is 0 Å². The standard InChI is InChI=1S/C36H46N2O4S/c1-10-36(11-2,33(41)42)22-30(39)37-25-14-12-13-24(19-25)16-17-29-23(3)15-18-31(38-29)43-26-20-27(34(4,5)6)32(40)28(21-26)35(7,8)9/h12-21,40H,10-11,22H2,1-9H3,(H,37,39)(H,41,42). The molecule has 1 aromatic heterocycles. The molecule has 3 aromatic rings. The summed E-state index contributed by atoms with van der Waals surface area (Å²) >= 11 is 1.58. The van der Waals surface area contributed by atoms with Crippen LogP contribution in [0.15, 0.2) is 58.5 Å². The summed E-state index contributed by atoms with van der Waals surface area (Å²) in [5.74, 6) is -0.893. The van der Waals surface area contributed by atoms with Crippen molar-refractivity contribution in [3.8, 4) is 5.75 Å². The van der Waals surface area contributed by atoms with Gasteiger partial charge in [-0.25, -0.2) is 4.98 Å². The summed E-state index contributed by atoms with van der Waals surface area (Å²) < 4.78 is 0. The van der Waals surface area contributed by atoms with Gasteiger partial charge in [-0.2, -0.15) is 0 Å². The van der Waals surface area contributed by atoms with Gasteiger partial charge in [0.2, 0.25) is 5.91 Å². The molecule has 0 radical (unpaired) electrons. The predicted molar refractivity (Wildman–Crippen MR) is 178 cm³/mol. The fourth-order valence-corrected chi connectivity index (χ4v) is 5.84. The quantitative estimate of drug-likeness (QED) is 0.214. The van der Waals surface area contributed by atoms with Crippen molar-refractivity contribution in [2.45, 2.75) is 102 Å². The number of aryl methyl sites for hydroxylation is 1. The van der Waals surface area contributed by atoms with Gasteiger partial charge >= 0.3 is 5.97 Å². The van der Waals surface area contributed by atoms with E-state index in [0.717, 1.165) is 37.9 Å². The minimum Gasteiger partial charge on any atom is -0.507 e. The lowest BCUT2D eigenvalue weighted by Crippen LogP contribution is -2.34. The van der Waals surface area contributed by atoms with Gasteiger partial charge in [0, 0.05) is 28.1 Å². The van der Waals surface area contributed by atoms with Crippen molar-refractivity contribution in [2.24, 2.45) is 5.41 Å². The molecule has 0 saturated heterocycles. The first-order valence-corrected chi connectivity index (χ1v) is 15.7. The topological polar surface area (TPSA) is 99.5 Å². The number of carboxylic acid groups (broad SMARTS) is 1. The number of hydrogen-bond acceptors (Lipinski definition) is 5. The summed E-state index contributed by atoms with van der Waals surface area (Å²) in [6.07, 6.45) is 4.62. The second kappa shape index (κ2) is 13.4. The lowest BCUT2D eigenvalue weighted by atomic mass is 9.79. The van der Waals surface area contributed by atoms with Crippen molar-refractivity contribution in [1.82, 2.24) is 4.98 Å². The molecule has 6 nitrogen and oxygen atoms in total. The molecule has 43 heavy (non-hydrogen) atoms. The van der Waals surface area contributed by atoms with E-state index in [-0.39, 0.29) is 23.2 Å². The van der Waals surface area contributed by atoms with E-state index in [2.05, 4.69) is 65.1 Å². The van der Waals surface area contributed by atoms with Crippen LogP contribution >= 0.6 is 11.8 Å². The Balaban J connectivity index is 1.84. The van der Waals surface area contributed by atoms with Gasteiger partial charge in [-0.1, -0.05) is 91.4 Å². The van der Waals surface area contributed by atoms with E-state index >= 15 is 0 Å². The first-order chi connectivity index (χ1) is 20.0. The van der Waals surface area contributed by atoms with E-state index in [1.165, 1.54) is 0 Å². The number of nitrogens with zero attached hydrogens (tertiary/aromatic N) is 1. The Kier molecular flexibility index (Phi) is 10.6. The Morgan fingerprint density at radius 1 is 0.907 bits per heavy atom. The van der Waals surface area contributed by atoms with Crippen molar-refractivity contribution in [3.05, 3.63) is 76.5 Å². The number of carbonyl (C=O) groups excluding carboxylic acids is 1. The maximum atomic E-state index is 12.7. The number of amides is 1. The summed E-state index contributed by atoms with van der Waals surface area (Å²) in [5, 5.41) is 24.5. The van der Waals surface area contributed by atoms with E-state index in [1.54, 1.807) is 31.7 Å². The largest absolute Gasteiger partial charge is 0.507 e. The Hall–Kier alpha value is -3.58. The number of carbonyl (C=O) groups is 2. The first-order valence-electron chi connectivity index (χ1n) is 14.8. The average Bonchev–Trinajstić information content (AvgIpc) is 2.91. The van der Waals surface area contributed by atoms with Crippen molar-refractivity contribution >= 4 is 41.5 Å². The van der Waals surface area contributed by atoms with Gasteiger partial charge < -0.3 is 15.5 Å². The highest BCUT2D eigenvalue weighted by Gasteiger charge is 2.37. The maximum absolute atomic E-state index is 12.7. The lowest BCUT2D eigenvalue weighted by molar-refractivity contribution is -0.151. The molecule has 2 aromatic carbocycles. The zero-order valence-electron chi connectivity index (χ0n) is 27.0. The number of anilines is 1. The summed E-state index contributed by atoms with van der Waals surface area (Å²) in [5.41, 5.74) is 3.72. The molecule has 7 heteroatoms. The molecule has 3 N–H and O–H groups in total. The van der Waals surface area contributed by atoms with Gasteiger partial charge in [-0.15, -0.1) is 0 Å². The normalized spacial score (nSPS) is 12.5. The monoisotopic (exact) mass is 602 g/mol. The minimum absolute atomic E-state index is 0.0709. The molecule has 1 amide bonds. The summed E-state index contributed by atoms with van der Waals surface area (Å²) in [6.45, 7) is 18.3. The number of rotatable bonds is 10. The number of aromatic hydroxyl groups is 1. The minimum atomic E-state index is -1.06. The maximum Gasteiger partial charge on any atom is 0.310 e. The number of nitrogens with one attached hydrogen (secondary N) is 1. The van der Waals surface area contributed by atoms with Crippen LogP contribution in [-0.2, 0) is 20.4 Å². The predicted octanol–water partition coefficient (Wildman–Crippen LogP) is 9.23. The average molecular weight is 603 g/mol.